The molecular weight excluding hydrogens is 222 g/mol. The van der Waals surface area contributed by atoms with Gasteiger partial charge in [0.2, 0.25) is 0 Å². The highest BCUT2D eigenvalue weighted by Crippen LogP contribution is 2.14. The van der Waals surface area contributed by atoms with Gasteiger partial charge in [0, 0.05) is 24.0 Å². The Morgan fingerprint density at radius 1 is 1.25 bits per heavy atom. The maximum atomic E-state index is 4.28. The number of thiazole rings is 1. The molecule has 0 aliphatic heterocycles. The van der Waals surface area contributed by atoms with Crippen LogP contribution < -0.4 is 5.32 Å². The molecule has 0 unspecified atom stereocenters. The van der Waals surface area contributed by atoms with E-state index in [0.717, 1.165) is 16.3 Å². The lowest BCUT2D eigenvalue weighted by molar-refractivity contribution is 0.941. The Morgan fingerprint density at radius 2 is 2.25 bits per heavy atom. The highest BCUT2D eigenvalue weighted by atomic mass is 32.1. The highest BCUT2D eigenvalue weighted by molar-refractivity contribution is 7.09. The van der Waals surface area contributed by atoms with Crippen LogP contribution in [0.1, 0.15) is 5.01 Å². The second-order valence-corrected chi connectivity index (χ2v) is 4.20. The van der Waals surface area contributed by atoms with Crippen LogP contribution in [0.5, 0.6) is 0 Å². The Morgan fingerprint density at radius 3 is 3.12 bits per heavy atom. The molecule has 0 saturated heterocycles. The first-order valence-electron chi connectivity index (χ1n) is 4.84. The summed E-state index contributed by atoms with van der Waals surface area (Å²) in [6, 6.07) is 1.93. The molecule has 0 saturated carbocycles. The van der Waals surface area contributed by atoms with E-state index in [1.165, 1.54) is 0 Å². The van der Waals surface area contributed by atoms with Crippen molar-refractivity contribution in [3.63, 3.8) is 0 Å². The molecule has 0 aliphatic rings. The number of hydrogen-bond donors (Lipinski definition) is 1. The van der Waals surface area contributed by atoms with Crippen molar-refractivity contribution >= 4 is 22.7 Å². The standard InChI is InChI=1S/C10H9N5S/c1-2-14-15-5-3-12-10(8(1)15)13-7-9-11-4-6-16-9/h1-6H,7H2,(H,12,13). The average molecular weight is 231 g/mol. The van der Waals surface area contributed by atoms with E-state index < -0.39 is 0 Å². The van der Waals surface area contributed by atoms with E-state index in [9.17, 15) is 0 Å². The summed E-state index contributed by atoms with van der Waals surface area (Å²) < 4.78 is 1.79. The van der Waals surface area contributed by atoms with Crippen molar-refractivity contribution in [3.05, 3.63) is 41.2 Å². The second kappa shape index (κ2) is 3.90. The summed E-state index contributed by atoms with van der Waals surface area (Å²) >= 11 is 1.63. The van der Waals surface area contributed by atoms with Crippen molar-refractivity contribution in [1.29, 1.82) is 0 Å². The van der Waals surface area contributed by atoms with Gasteiger partial charge in [-0.1, -0.05) is 0 Å². The zero-order valence-electron chi connectivity index (χ0n) is 8.37. The van der Waals surface area contributed by atoms with Gasteiger partial charge >= 0.3 is 0 Å². The lowest BCUT2D eigenvalue weighted by Crippen LogP contribution is -2.02. The van der Waals surface area contributed by atoms with E-state index in [1.807, 2.05) is 17.6 Å². The quantitative estimate of drug-likeness (QED) is 0.746. The third kappa shape index (κ3) is 1.63. The molecule has 0 aromatic carbocycles. The maximum absolute atomic E-state index is 4.28. The van der Waals surface area contributed by atoms with Gasteiger partial charge in [-0.05, 0) is 6.07 Å². The molecule has 3 aromatic rings. The van der Waals surface area contributed by atoms with Crippen LogP contribution in [0, 0.1) is 0 Å². The van der Waals surface area contributed by atoms with Crippen LogP contribution >= 0.6 is 11.3 Å². The lowest BCUT2D eigenvalue weighted by atomic mass is 10.4. The van der Waals surface area contributed by atoms with Gasteiger partial charge in [0.05, 0.1) is 12.7 Å². The molecule has 0 atom stereocenters. The van der Waals surface area contributed by atoms with Crippen molar-refractivity contribution in [2.24, 2.45) is 0 Å². The Labute approximate surface area is 95.8 Å². The molecule has 80 valence electrons. The van der Waals surface area contributed by atoms with Gasteiger partial charge in [0.15, 0.2) is 5.82 Å². The Balaban J connectivity index is 1.86. The molecule has 0 aliphatic carbocycles. The van der Waals surface area contributed by atoms with Gasteiger partial charge in [-0.15, -0.1) is 11.3 Å². The highest BCUT2D eigenvalue weighted by Gasteiger charge is 2.03. The maximum Gasteiger partial charge on any atom is 0.152 e. The number of fused-ring (bicyclic) bond motifs is 1. The molecule has 5 nitrogen and oxygen atoms in total. The molecule has 16 heavy (non-hydrogen) atoms. The summed E-state index contributed by atoms with van der Waals surface area (Å²) in [4.78, 5) is 8.49. The van der Waals surface area contributed by atoms with Crippen molar-refractivity contribution < 1.29 is 0 Å². The van der Waals surface area contributed by atoms with E-state index in [-0.39, 0.29) is 0 Å². The van der Waals surface area contributed by atoms with Crippen LogP contribution in [0.4, 0.5) is 5.82 Å². The van der Waals surface area contributed by atoms with Crippen molar-refractivity contribution in [2.75, 3.05) is 5.32 Å². The van der Waals surface area contributed by atoms with Crippen LogP contribution in [0.2, 0.25) is 0 Å². The van der Waals surface area contributed by atoms with Gasteiger partial charge in [-0.25, -0.2) is 14.5 Å². The van der Waals surface area contributed by atoms with Crippen molar-refractivity contribution in [3.8, 4) is 0 Å². The first-order valence-corrected chi connectivity index (χ1v) is 5.72. The van der Waals surface area contributed by atoms with E-state index in [1.54, 1.807) is 34.4 Å². The number of nitrogens with one attached hydrogen (secondary N) is 1. The third-order valence-corrected chi connectivity index (χ3v) is 2.99. The summed E-state index contributed by atoms with van der Waals surface area (Å²) in [6.45, 7) is 0.690. The van der Waals surface area contributed by atoms with Crippen molar-refractivity contribution in [2.45, 2.75) is 6.54 Å². The third-order valence-electron chi connectivity index (χ3n) is 2.21. The normalized spacial score (nSPS) is 10.8. The predicted octanol–water partition coefficient (Wildman–Crippen LogP) is 1.80. The van der Waals surface area contributed by atoms with E-state index in [4.69, 9.17) is 0 Å². The smallest absolute Gasteiger partial charge is 0.152 e. The number of anilines is 1. The van der Waals surface area contributed by atoms with Crippen LogP contribution in [-0.4, -0.2) is 19.6 Å². The molecule has 0 amide bonds. The number of nitrogens with zero attached hydrogens (tertiary/aromatic N) is 4. The molecule has 6 heteroatoms. The molecule has 3 rings (SSSR count). The molecule has 0 fully saturated rings. The number of rotatable bonds is 3. The van der Waals surface area contributed by atoms with Gasteiger partial charge in [-0.2, -0.15) is 5.10 Å². The SMILES string of the molecule is c1csc(CNc2nccn3nccc23)n1. The van der Waals surface area contributed by atoms with Crippen LogP contribution in [0.25, 0.3) is 5.52 Å². The topological polar surface area (TPSA) is 55.1 Å². The second-order valence-electron chi connectivity index (χ2n) is 3.22. The zero-order chi connectivity index (χ0) is 10.8. The minimum atomic E-state index is 0.690. The van der Waals surface area contributed by atoms with E-state index in [2.05, 4.69) is 20.4 Å². The molecule has 0 bridgehead atoms. The minimum Gasteiger partial charge on any atom is -0.362 e. The fourth-order valence-corrected chi connectivity index (χ4v) is 2.05. The van der Waals surface area contributed by atoms with Gasteiger partial charge in [-0.3, -0.25) is 0 Å². The molecule has 0 spiro atoms. The van der Waals surface area contributed by atoms with Gasteiger partial charge < -0.3 is 5.32 Å². The zero-order valence-corrected chi connectivity index (χ0v) is 9.18. The van der Waals surface area contributed by atoms with Crippen LogP contribution in [0.15, 0.2) is 36.2 Å². The molecule has 1 N–H and O–H groups in total. The van der Waals surface area contributed by atoms with E-state index >= 15 is 0 Å². The summed E-state index contributed by atoms with van der Waals surface area (Å²) in [7, 11) is 0. The summed E-state index contributed by atoms with van der Waals surface area (Å²) in [5, 5.41) is 10.4. The van der Waals surface area contributed by atoms with Gasteiger partial charge in [0.1, 0.15) is 10.5 Å². The molecule has 0 radical (unpaired) electrons. The van der Waals surface area contributed by atoms with Gasteiger partial charge in [0.25, 0.3) is 0 Å². The lowest BCUT2D eigenvalue weighted by Gasteiger charge is -2.04. The molecule has 3 aromatic heterocycles. The summed E-state index contributed by atoms with van der Waals surface area (Å²) in [6.07, 6.45) is 7.11. The fourth-order valence-electron chi connectivity index (χ4n) is 1.49. The summed E-state index contributed by atoms with van der Waals surface area (Å²) in [5.74, 6) is 0.829. The Bertz CT molecular complexity index is 586. The number of aromatic nitrogens is 4. The van der Waals surface area contributed by atoms with Crippen LogP contribution in [0.3, 0.4) is 0 Å². The fraction of sp³-hybridized carbons (Fsp3) is 0.100. The summed E-state index contributed by atoms with van der Waals surface area (Å²) in [5.41, 5.74) is 0.971. The minimum absolute atomic E-state index is 0.690. The largest absolute Gasteiger partial charge is 0.362 e. The predicted molar refractivity (Wildman–Crippen MR) is 62.4 cm³/mol. The first-order chi connectivity index (χ1) is 7.93. The number of hydrogen-bond acceptors (Lipinski definition) is 5. The molecule has 3 heterocycles. The average Bonchev–Trinajstić information content (AvgIpc) is 2.97. The molecular formula is C10H9N5S. The Kier molecular flexibility index (Phi) is 2.26. The monoisotopic (exact) mass is 231 g/mol. The van der Waals surface area contributed by atoms with E-state index in [0.29, 0.717) is 6.54 Å². The van der Waals surface area contributed by atoms with Crippen molar-refractivity contribution in [1.82, 2.24) is 19.6 Å². The first kappa shape index (κ1) is 9.29. The van der Waals surface area contributed by atoms with Crippen LogP contribution in [-0.2, 0) is 6.54 Å². The Hall–Kier alpha value is -1.95.